The van der Waals surface area contributed by atoms with Gasteiger partial charge in [-0.05, 0) is 38.4 Å². The molecule has 0 aliphatic rings. The van der Waals surface area contributed by atoms with Gasteiger partial charge in [0, 0.05) is 6.42 Å². The Bertz CT molecular complexity index is 342. The number of rotatable bonds is 6. The molecule has 0 aromatic carbocycles. The molecule has 0 bridgehead atoms. The molecular weight excluding hydrogens is 252 g/mol. The van der Waals surface area contributed by atoms with Gasteiger partial charge in [0.05, 0.1) is 12.7 Å². The summed E-state index contributed by atoms with van der Waals surface area (Å²) in [6, 6.07) is 0. The van der Waals surface area contributed by atoms with Crippen molar-refractivity contribution >= 4 is 8.32 Å². The first-order chi connectivity index (χ1) is 8.60. The third-order valence-electron chi connectivity index (χ3n) is 3.46. The molecule has 0 saturated heterocycles. The summed E-state index contributed by atoms with van der Waals surface area (Å²) in [5.74, 6) is 3.05. The van der Waals surface area contributed by atoms with Crippen LogP contribution in [0.3, 0.4) is 0 Å². The van der Waals surface area contributed by atoms with Crippen molar-refractivity contribution in [3.8, 4) is 12.0 Å². The van der Waals surface area contributed by atoms with E-state index in [0.29, 0.717) is 13.0 Å². The molecule has 110 valence electrons. The van der Waals surface area contributed by atoms with Crippen molar-refractivity contribution in [2.75, 3.05) is 6.61 Å². The molecule has 0 fully saturated rings. The zero-order valence-electron chi connectivity index (χ0n) is 13.7. The molecule has 0 aliphatic carbocycles. The molecule has 0 radical (unpaired) electrons. The topological polar surface area (TPSA) is 18.5 Å². The van der Waals surface area contributed by atoms with Crippen LogP contribution in [0.5, 0.6) is 0 Å². The van der Waals surface area contributed by atoms with E-state index < -0.39 is 8.32 Å². The fraction of sp³-hybridized carbons (Fsp3) is 0.750. The van der Waals surface area contributed by atoms with Gasteiger partial charge in [-0.15, -0.1) is 6.58 Å². The van der Waals surface area contributed by atoms with Gasteiger partial charge in [-0.2, -0.15) is 0 Å². The molecule has 3 heteroatoms. The average molecular weight is 282 g/mol. The number of ether oxygens (including phenoxy) is 1. The average Bonchev–Trinajstić information content (AvgIpc) is 2.21. The zero-order valence-corrected chi connectivity index (χ0v) is 14.7. The summed E-state index contributed by atoms with van der Waals surface area (Å²) in [4.78, 5) is 0. The SMILES string of the molecule is C=C(C)C[C@@H](CC#COCC)O[Si](C)(C)C(C)(C)C. The highest BCUT2D eigenvalue weighted by Gasteiger charge is 2.38. The van der Waals surface area contributed by atoms with E-state index >= 15 is 0 Å². The summed E-state index contributed by atoms with van der Waals surface area (Å²) < 4.78 is 11.5. The molecule has 0 amide bonds. The second kappa shape index (κ2) is 7.77. The molecule has 0 aromatic rings. The third kappa shape index (κ3) is 7.44. The van der Waals surface area contributed by atoms with Crippen LogP contribution in [0.4, 0.5) is 0 Å². The van der Waals surface area contributed by atoms with Gasteiger partial charge in [-0.3, -0.25) is 0 Å². The molecule has 2 nitrogen and oxygen atoms in total. The van der Waals surface area contributed by atoms with Gasteiger partial charge in [0.15, 0.2) is 8.32 Å². The zero-order chi connectivity index (χ0) is 15.1. The monoisotopic (exact) mass is 282 g/mol. The Morgan fingerprint density at radius 2 is 1.89 bits per heavy atom. The lowest BCUT2D eigenvalue weighted by atomic mass is 10.1. The molecule has 0 saturated carbocycles. The van der Waals surface area contributed by atoms with Crippen LogP contribution in [-0.4, -0.2) is 21.0 Å². The maximum atomic E-state index is 6.41. The highest BCUT2D eigenvalue weighted by atomic mass is 28.4. The van der Waals surface area contributed by atoms with E-state index in [1.165, 1.54) is 0 Å². The van der Waals surface area contributed by atoms with E-state index in [1.807, 2.05) is 13.8 Å². The van der Waals surface area contributed by atoms with Gasteiger partial charge in [-0.25, -0.2) is 0 Å². The fourth-order valence-corrected chi connectivity index (χ4v) is 2.77. The van der Waals surface area contributed by atoms with Gasteiger partial charge in [0.1, 0.15) is 6.11 Å². The standard InChI is InChI=1S/C16H30O2Si/c1-9-17-12-10-11-15(13-14(2)3)18-19(7,8)16(4,5)6/h15H,2,9,11,13H2,1,3-8H3/t15-/m1/s1. The van der Waals surface area contributed by atoms with Crippen LogP contribution in [0.1, 0.15) is 47.5 Å². The Labute approximate surface area is 120 Å². The van der Waals surface area contributed by atoms with Crippen molar-refractivity contribution in [2.45, 2.75) is 71.7 Å². The summed E-state index contributed by atoms with van der Waals surface area (Å²) in [5.41, 5.74) is 1.14. The summed E-state index contributed by atoms with van der Waals surface area (Å²) in [7, 11) is -1.75. The summed E-state index contributed by atoms with van der Waals surface area (Å²) in [5, 5.41) is 0.216. The summed E-state index contributed by atoms with van der Waals surface area (Å²) in [6.07, 6.45) is 4.43. The minimum atomic E-state index is -1.75. The highest BCUT2D eigenvalue weighted by Crippen LogP contribution is 2.38. The van der Waals surface area contributed by atoms with Crippen LogP contribution >= 0.6 is 0 Å². The minimum absolute atomic E-state index is 0.131. The van der Waals surface area contributed by atoms with Gasteiger partial charge in [-0.1, -0.05) is 32.3 Å². The first kappa shape index (κ1) is 18.3. The van der Waals surface area contributed by atoms with E-state index in [9.17, 15) is 0 Å². The summed E-state index contributed by atoms with van der Waals surface area (Å²) >= 11 is 0. The molecule has 0 heterocycles. The molecule has 19 heavy (non-hydrogen) atoms. The van der Waals surface area contributed by atoms with Crippen molar-refractivity contribution in [1.29, 1.82) is 0 Å². The Hall–Kier alpha value is -0.723. The number of hydrogen-bond donors (Lipinski definition) is 0. The van der Waals surface area contributed by atoms with Crippen molar-refractivity contribution in [3.63, 3.8) is 0 Å². The normalized spacial score (nSPS) is 13.4. The lowest BCUT2D eigenvalue weighted by molar-refractivity contribution is 0.185. The predicted octanol–water partition coefficient (Wildman–Crippen LogP) is 4.73. The molecular formula is C16H30O2Si. The smallest absolute Gasteiger partial charge is 0.192 e. The first-order valence-electron chi connectivity index (χ1n) is 7.02. The molecule has 0 aromatic heterocycles. The molecule has 0 aliphatic heterocycles. The Morgan fingerprint density at radius 1 is 1.32 bits per heavy atom. The van der Waals surface area contributed by atoms with E-state index in [4.69, 9.17) is 9.16 Å². The third-order valence-corrected chi connectivity index (χ3v) is 8.00. The molecule has 1 atom stereocenters. The van der Waals surface area contributed by atoms with Crippen molar-refractivity contribution in [2.24, 2.45) is 0 Å². The van der Waals surface area contributed by atoms with E-state index in [1.54, 1.807) is 0 Å². The first-order valence-corrected chi connectivity index (χ1v) is 9.93. The van der Waals surface area contributed by atoms with E-state index in [0.717, 1.165) is 12.0 Å². The van der Waals surface area contributed by atoms with Crippen molar-refractivity contribution in [3.05, 3.63) is 12.2 Å². The molecule has 0 unspecified atom stereocenters. The molecule has 0 rings (SSSR count). The highest BCUT2D eigenvalue weighted by molar-refractivity contribution is 6.74. The summed E-state index contributed by atoms with van der Waals surface area (Å²) in [6.45, 7) is 19.9. The van der Waals surface area contributed by atoms with Crippen LogP contribution in [0.25, 0.3) is 0 Å². The number of hydrogen-bond acceptors (Lipinski definition) is 2. The largest absolute Gasteiger partial charge is 0.447 e. The van der Waals surface area contributed by atoms with Crippen LogP contribution in [0.2, 0.25) is 18.1 Å². The predicted molar refractivity (Wildman–Crippen MR) is 85.5 cm³/mol. The van der Waals surface area contributed by atoms with Gasteiger partial charge >= 0.3 is 0 Å². The lowest BCUT2D eigenvalue weighted by Crippen LogP contribution is -2.44. The van der Waals surface area contributed by atoms with Gasteiger partial charge < -0.3 is 9.16 Å². The quantitative estimate of drug-likeness (QED) is 0.398. The molecule has 0 spiro atoms. The maximum Gasteiger partial charge on any atom is 0.192 e. The van der Waals surface area contributed by atoms with Crippen LogP contribution in [-0.2, 0) is 9.16 Å². The van der Waals surface area contributed by atoms with E-state index in [-0.39, 0.29) is 11.1 Å². The second-order valence-corrected chi connectivity index (χ2v) is 11.3. The van der Waals surface area contributed by atoms with E-state index in [2.05, 4.69) is 52.5 Å². The Morgan fingerprint density at radius 3 is 2.32 bits per heavy atom. The minimum Gasteiger partial charge on any atom is -0.447 e. The Balaban J connectivity index is 4.69. The van der Waals surface area contributed by atoms with Crippen LogP contribution in [0.15, 0.2) is 12.2 Å². The van der Waals surface area contributed by atoms with Gasteiger partial charge in [0.25, 0.3) is 0 Å². The molecule has 0 N–H and O–H groups in total. The van der Waals surface area contributed by atoms with Crippen LogP contribution in [0, 0.1) is 12.0 Å². The maximum absolute atomic E-state index is 6.41. The van der Waals surface area contributed by atoms with Crippen LogP contribution < -0.4 is 0 Å². The Kier molecular flexibility index (Phi) is 7.47. The fourth-order valence-electron chi connectivity index (χ4n) is 1.42. The lowest BCUT2D eigenvalue weighted by Gasteiger charge is -2.39. The van der Waals surface area contributed by atoms with Crippen molar-refractivity contribution < 1.29 is 9.16 Å². The second-order valence-electron chi connectivity index (χ2n) is 6.58. The van der Waals surface area contributed by atoms with Crippen molar-refractivity contribution in [1.82, 2.24) is 0 Å². The van der Waals surface area contributed by atoms with Gasteiger partial charge in [0.2, 0.25) is 0 Å².